The first-order valence-corrected chi connectivity index (χ1v) is 9.89. The number of rotatable bonds is 8. The Kier molecular flexibility index (Phi) is 11.9. The summed E-state index contributed by atoms with van der Waals surface area (Å²) in [7, 11) is 1.80. The molecule has 150 valence electrons. The van der Waals surface area contributed by atoms with Gasteiger partial charge in [0.05, 0.1) is 12.2 Å². The van der Waals surface area contributed by atoms with Crippen LogP contribution in [0.3, 0.4) is 0 Å². The molecule has 1 aliphatic heterocycles. The van der Waals surface area contributed by atoms with Crippen LogP contribution in [0.25, 0.3) is 0 Å². The van der Waals surface area contributed by atoms with Crippen molar-refractivity contribution in [2.24, 2.45) is 4.99 Å². The monoisotopic (exact) mass is 477 g/mol. The van der Waals surface area contributed by atoms with E-state index in [-0.39, 0.29) is 24.0 Å². The lowest BCUT2D eigenvalue weighted by Gasteiger charge is -2.20. The number of aromatic nitrogens is 1. The molecule has 1 aliphatic rings. The molecular weight excluding hydrogens is 441 g/mol. The second-order valence-electron chi connectivity index (χ2n) is 6.84. The molecule has 0 atom stereocenters. The predicted molar refractivity (Wildman–Crippen MR) is 118 cm³/mol. The molecule has 1 fully saturated rings. The molecule has 0 radical (unpaired) electrons. The third kappa shape index (κ3) is 7.82. The number of halogens is 1. The molecule has 2 rings (SSSR count). The standard InChI is InChI=1S/C19H35N5O.HI/c1-4-16(5-2)18-14-17(25-23-18)15-22-19(20-3)21-10-13-24-11-8-6-7-9-12-24;/h14,16H,4-13,15H2,1-3H3,(H2,20,21,22);1H. The zero-order valence-corrected chi connectivity index (χ0v) is 18.9. The van der Waals surface area contributed by atoms with Crippen LogP contribution < -0.4 is 10.6 Å². The van der Waals surface area contributed by atoms with Gasteiger partial charge < -0.3 is 20.1 Å². The van der Waals surface area contributed by atoms with E-state index >= 15 is 0 Å². The largest absolute Gasteiger partial charge is 0.359 e. The minimum absolute atomic E-state index is 0. The van der Waals surface area contributed by atoms with Crippen LogP contribution in [0.2, 0.25) is 0 Å². The van der Waals surface area contributed by atoms with Gasteiger partial charge >= 0.3 is 0 Å². The highest BCUT2D eigenvalue weighted by Crippen LogP contribution is 2.22. The summed E-state index contributed by atoms with van der Waals surface area (Å²) in [4.78, 5) is 6.84. The minimum atomic E-state index is 0. The molecule has 0 bridgehead atoms. The van der Waals surface area contributed by atoms with E-state index in [1.165, 1.54) is 38.8 Å². The van der Waals surface area contributed by atoms with Crippen molar-refractivity contribution in [3.63, 3.8) is 0 Å². The fourth-order valence-corrected chi connectivity index (χ4v) is 3.40. The van der Waals surface area contributed by atoms with Gasteiger partial charge in [0.15, 0.2) is 11.7 Å². The molecule has 0 aliphatic carbocycles. The molecule has 2 N–H and O–H groups in total. The number of likely N-dealkylation sites (tertiary alicyclic amines) is 1. The first kappa shape index (κ1) is 23.2. The van der Waals surface area contributed by atoms with Crippen molar-refractivity contribution in [2.45, 2.75) is 64.8 Å². The van der Waals surface area contributed by atoms with Crippen LogP contribution in [-0.4, -0.2) is 49.2 Å². The van der Waals surface area contributed by atoms with Crippen LogP contribution in [0.1, 0.15) is 69.7 Å². The molecule has 1 saturated heterocycles. The number of guanidine groups is 1. The van der Waals surface area contributed by atoms with Gasteiger partial charge in [-0.3, -0.25) is 4.99 Å². The van der Waals surface area contributed by atoms with Gasteiger partial charge in [-0.2, -0.15) is 0 Å². The molecule has 6 nitrogen and oxygen atoms in total. The van der Waals surface area contributed by atoms with E-state index in [4.69, 9.17) is 4.52 Å². The maximum atomic E-state index is 5.45. The van der Waals surface area contributed by atoms with Crippen LogP contribution in [0.4, 0.5) is 0 Å². The Labute approximate surface area is 175 Å². The number of nitrogens with zero attached hydrogens (tertiary/aromatic N) is 3. The quantitative estimate of drug-likeness (QED) is 0.339. The molecule has 26 heavy (non-hydrogen) atoms. The third-order valence-electron chi connectivity index (χ3n) is 5.05. The molecule has 2 heterocycles. The van der Waals surface area contributed by atoms with Gasteiger partial charge in [-0.1, -0.05) is 31.8 Å². The highest BCUT2D eigenvalue weighted by atomic mass is 127. The average Bonchev–Trinajstić information content (AvgIpc) is 2.94. The number of hydrogen-bond donors (Lipinski definition) is 2. The summed E-state index contributed by atoms with van der Waals surface area (Å²) in [6, 6.07) is 2.06. The Bertz CT molecular complexity index is 508. The molecule has 1 aromatic rings. The number of nitrogens with one attached hydrogen (secondary N) is 2. The maximum Gasteiger partial charge on any atom is 0.191 e. The Morgan fingerprint density at radius 1 is 1.19 bits per heavy atom. The molecule has 0 spiro atoms. The van der Waals surface area contributed by atoms with Crippen molar-refractivity contribution in [3.8, 4) is 0 Å². The van der Waals surface area contributed by atoms with Crippen molar-refractivity contribution >= 4 is 29.9 Å². The Morgan fingerprint density at radius 2 is 1.88 bits per heavy atom. The molecule has 0 unspecified atom stereocenters. The van der Waals surface area contributed by atoms with Gasteiger partial charge in [0, 0.05) is 32.1 Å². The van der Waals surface area contributed by atoms with Crippen molar-refractivity contribution < 1.29 is 4.52 Å². The lowest BCUT2D eigenvalue weighted by Crippen LogP contribution is -2.41. The van der Waals surface area contributed by atoms with Gasteiger partial charge in [0.2, 0.25) is 0 Å². The van der Waals surface area contributed by atoms with Crippen LogP contribution in [0.15, 0.2) is 15.6 Å². The average molecular weight is 477 g/mol. The highest BCUT2D eigenvalue weighted by Gasteiger charge is 2.13. The van der Waals surface area contributed by atoms with E-state index in [0.29, 0.717) is 12.5 Å². The zero-order valence-electron chi connectivity index (χ0n) is 16.6. The Balaban J connectivity index is 0.00000338. The SMILES string of the molecule is CCC(CC)c1cc(CNC(=NC)NCCN2CCCCCC2)on1.I. The second-order valence-corrected chi connectivity index (χ2v) is 6.84. The summed E-state index contributed by atoms with van der Waals surface area (Å²) in [6.45, 7) is 9.43. The minimum Gasteiger partial charge on any atom is -0.359 e. The molecule has 1 aromatic heterocycles. The lowest BCUT2D eigenvalue weighted by molar-refractivity contribution is 0.289. The summed E-state index contributed by atoms with van der Waals surface area (Å²) >= 11 is 0. The molecule has 0 amide bonds. The highest BCUT2D eigenvalue weighted by molar-refractivity contribution is 14.0. The smallest absolute Gasteiger partial charge is 0.191 e. The normalized spacial score (nSPS) is 16.2. The van der Waals surface area contributed by atoms with Gasteiger partial charge in [-0.15, -0.1) is 24.0 Å². The second kappa shape index (κ2) is 13.4. The molecule has 0 saturated carbocycles. The summed E-state index contributed by atoms with van der Waals surface area (Å²) in [5.74, 6) is 2.16. The van der Waals surface area contributed by atoms with Gasteiger partial charge in [0.1, 0.15) is 0 Å². The van der Waals surface area contributed by atoms with E-state index < -0.39 is 0 Å². The number of aliphatic imine (C=N–C) groups is 1. The summed E-state index contributed by atoms with van der Waals surface area (Å²) in [5.41, 5.74) is 1.06. The van der Waals surface area contributed by atoms with E-state index in [2.05, 4.69) is 45.6 Å². The Morgan fingerprint density at radius 3 is 2.50 bits per heavy atom. The van der Waals surface area contributed by atoms with Crippen LogP contribution in [0, 0.1) is 0 Å². The van der Waals surface area contributed by atoms with Gasteiger partial charge in [-0.05, 0) is 38.8 Å². The summed E-state index contributed by atoms with van der Waals surface area (Å²) in [6.07, 6.45) is 7.60. The fourth-order valence-electron chi connectivity index (χ4n) is 3.40. The van der Waals surface area contributed by atoms with Crippen LogP contribution >= 0.6 is 24.0 Å². The first-order valence-electron chi connectivity index (χ1n) is 9.89. The van der Waals surface area contributed by atoms with Gasteiger partial charge in [-0.25, -0.2) is 0 Å². The third-order valence-corrected chi connectivity index (χ3v) is 5.05. The van der Waals surface area contributed by atoms with Gasteiger partial charge in [0.25, 0.3) is 0 Å². The van der Waals surface area contributed by atoms with Crippen molar-refractivity contribution in [3.05, 3.63) is 17.5 Å². The summed E-state index contributed by atoms with van der Waals surface area (Å²) < 4.78 is 5.45. The zero-order chi connectivity index (χ0) is 17.9. The maximum absolute atomic E-state index is 5.45. The van der Waals surface area contributed by atoms with E-state index in [1.807, 2.05) is 0 Å². The molecule has 7 heteroatoms. The lowest BCUT2D eigenvalue weighted by atomic mass is 9.99. The van der Waals surface area contributed by atoms with Crippen molar-refractivity contribution in [1.82, 2.24) is 20.7 Å². The van der Waals surface area contributed by atoms with Crippen LogP contribution in [0.5, 0.6) is 0 Å². The topological polar surface area (TPSA) is 65.7 Å². The number of hydrogen-bond acceptors (Lipinski definition) is 4. The van der Waals surface area contributed by atoms with E-state index in [0.717, 1.165) is 43.3 Å². The van der Waals surface area contributed by atoms with E-state index in [9.17, 15) is 0 Å². The van der Waals surface area contributed by atoms with Crippen LogP contribution in [-0.2, 0) is 6.54 Å². The summed E-state index contributed by atoms with van der Waals surface area (Å²) in [5, 5.41) is 10.9. The van der Waals surface area contributed by atoms with Crippen molar-refractivity contribution in [1.29, 1.82) is 0 Å². The predicted octanol–water partition coefficient (Wildman–Crippen LogP) is 3.74. The molecule has 0 aromatic carbocycles. The van der Waals surface area contributed by atoms with Crippen molar-refractivity contribution in [2.75, 3.05) is 33.2 Å². The first-order chi connectivity index (χ1) is 12.3. The van der Waals surface area contributed by atoms with E-state index in [1.54, 1.807) is 7.05 Å². The molecular formula is C19H36IN5O. The Hall–Kier alpha value is -0.830. The fraction of sp³-hybridized carbons (Fsp3) is 0.789.